The highest BCUT2D eigenvalue weighted by molar-refractivity contribution is 7.22. The van der Waals surface area contributed by atoms with Gasteiger partial charge in [-0.05, 0) is 56.5 Å². The number of nitrogens with zero attached hydrogens (tertiary/aromatic N) is 3. The van der Waals surface area contributed by atoms with Crippen molar-refractivity contribution < 1.29 is 4.74 Å². The molecule has 0 saturated carbocycles. The van der Waals surface area contributed by atoms with E-state index < -0.39 is 0 Å². The molecule has 28 heavy (non-hydrogen) atoms. The van der Waals surface area contributed by atoms with Crippen LogP contribution in [0.3, 0.4) is 0 Å². The molecule has 0 radical (unpaired) electrons. The van der Waals surface area contributed by atoms with Crippen molar-refractivity contribution in [1.29, 1.82) is 0 Å². The lowest BCUT2D eigenvalue weighted by molar-refractivity contribution is 0.124. The topological polar surface area (TPSA) is 28.6 Å². The van der Waals surface area contributed by atoms with E-state index in [9.17, 15) is 0 Å². The minimum atomic E-state index is 0.195. The Morgan fingerprint density at radius 1 is 1.18 bits per heavy atom. The van der Waals surface area contributed by atoms with Gasteiger partial charge in [-0.15, -0.1) is 0 Å². The molecule has 1 aromatic heterocycles. The predicted octanol–water partition coefficient (Wildman–Crippen LogP) is 4.97. The van der Waals surface area contributed by atoms with E-state index in [1.54, 1.807) is 11.3 Å². The molecule has 2 heterocycles. The fourth-order valence-electron chi connectivity index (χ4n) is 3.98. The van der Waals surface area contributed by atoms with Gasteiger partial charge >= 0.3 is 0 Å². The first-order valence-electron chi connectivity index (χ1n) is 10.1. The quantitative estimate of drug-likeness (QED) is 0.589. The highest BCUT2D eigenvalue weighted by Crippen LogP contribution is 2.31. The van der Waals surface area contributed by atoms with E-state index >= 15 is 0 Å². The van der Waals surface area contributed by atoms with Gasteiger partial charge in [-0.1, -0.05) is 35.6 Å². The Morgan fingerprint density at radius 2 is 1.96 bits per heavy atom. The summed E-state index contributed by atoms with van der Waals surface area (Å²) in [5, 5.41) is 1.13. The average molecular weight is 396 g/mol. The number of benzene rings is 2. The van der Waals surface area contributed by atoms with Crippen molar-refractivity contribution in [2.24, 2.45) is 0 Å². The molecule has 1 atom stereocenters. The Kier molecular flexibility index (Phi) is 5.83. The minimum Gasteiger partial charge on any atom is -0.489 e. The molecular formula is C23H29N3OS. The molecule has 0 spiro atoms. The van der Waals surface area contributed by atoms with Crippen LogP contribution in [0.25, 0.3) is 10.2 Å². The zero-order valence-corrected chi connectivity index (χ0v) is 17.8. The van der Waals surface area contributed by atoms with Crippen LogP contribution in [0.15, 0.2) is 48.5 Å². The van der Waals surface area contributed by atoms with E-state index in [1.807, 2.05) is 6.07 Å². The van der Waals surface area contributed by atoms with E-state index in [1.165, 1.54) is 23.1 Å². The van der Waals surface area contributed by atoms with Crippen LogP contribution in [0, 0.1) is 6.92 Å². The molecule has 1 fully saturated rings. The molecule has 1 aliphatic heterocycles. The van der Waals surface area contributed by atoms with Gasteiger partial charge in [0.2, 0.25) is 0 Å². The molecule has 0 N–H and O–H groups in total. The molecule has 3 aromatic rings. The van der Waals surface area contributed by atoms with Crippen LogP contribution in [0.2, 0.25) is 0 Å². The van der Waals surface area contributed by atoms with Crippen LogP contribution in [-0.2, 0) is 0 Å². The molecular weight excluding hydrogens is 366 g/mol. The van der Waals surface area contributed by atoms with E-state index in [0.717, 1.165) is 36.0 Å². The van der Waals surface area contributed by atoms with Gasteiger partial charge in [0.25, 0.3) is 0 Å². The van der Waals surface area contributed by atoms with Gasteiger partial charge in [-0.25, -0.2) is 4.98 Å². The first-order chi connectivity index (χ1) is 13.6. The third-order valence-electron chi connectivity index (χ3n) is 5.53. The molecule has 5 heteroatoms. The summed E-state index contributed by atoms with van der Waals surface area (Å²) in [5.74, 6) is 0.970. The fourth-order valence-corrected chi connectivity index (χ4v) is 4.98. The SMILES string of the molecule is Cc1cccc(OC(C)CN2CCC(N(C)c3nc4ccccc4s3)CC2)c1. The monoisotopic (exact) mass is 395 g/mol. The molecule has 0 aliphatic carbocycles. The second-order valence-electron chi connectivity index (χ2n) is 7.85. The van der Waals surface area contributed by atoms with Gasteiger partial charge in [0.1, 0.15) is 11.9 Å². The highest BCUT2D eigenvalue weighted by Gasteiger charge is 2.25. The summed E-state index contributed by atoms with van der Waals surface area (Å²) < 4.78 is 7.38. The maximum atomic E-state index is 6.11. The normalized spacial score (nSPS) is 17.0. The van der Waals surface area contributed by atoms with Gasteiger partial charge in [0.05, 0.1) is 10.2 Å². The third-order valence-corrected chi connectivity index (χ3v) is 6.66. The summed E-state index contributed by atoms with van der Waals surface area (Å²) in [6.45, 7) is 7.47. The molecule has 2 aromatic carbocycles. The predicted molar refractivity (Wildman–Crippen MR) is 119 cm³/mol. The maximum Gasteiger partial charge on any atom is 0.186 e. The summed E-state index contributed by atoms with van der Waals surface area (Å²) in [7, 11) is 2.20. The number of hydrogen-bond acceptors (Lipinski definition) is 5. The molecule has 1 saturated heterocycles. The lowest BCUT2D eigenvalue weighted by Gasteiger charge is -2.37. The van der Waals surface area contributed by atoms with Gasteiger partial charge in [-0.3, -0.25) is 4.90 Å². The Hall–Kier alpha value is -2.11. The Balaban J connectivity index is 1.29. The van der Waals surface area contributed by atoms with Crippen molar-refractivity contribution in [2.75, 3.05) is 31.6 Å². The fraction of sp³-hybridized carbons (Fsp3) is 0.435. The van der Waals surface area contributed by atoms with Gasteiger partial charge in [0.15, 0.2) is 5.13 Å². The lowest BCUT2D eigenvalue weighted by atomic mass is 10.0. The number of fused-ring (bicyclic) bond motifs is 1. The van der Waals surface area contributed by atoms with E-state index in [4.69, 9.17) is 9.72 Å². The van der Waals surface area contributed by atoms with Crippen LogP contribution in [0.4, 0.5) is 5.13 Å². The number of rotatable bonds is 6. The summed E-state index contributed by atoms with van der Waals surface area (Å²) in [4.78, 5) is 9.73. The third kappa shape index (κ3) is 4.47. The van der Waals surface area contributed by atoms with E-state index in [2.05, 4.69) is 73.2 Å². The zero-order valence-electron chi connectivity index (χ0n) is 17.0. The Bertz CT molecular complexity index is 884. The first kappa shape index (κ1) is 19.2. The number of anilines is 1. The van der Waals surface area contributed by atoms with Crippen molar-refractivity contribution in [3.63, 3.8) is 0 Å². The highest BCUT2D eigenvalue weighted by atomic mass is 32.1. The van der Waals surface area contributed by atoms with E-state index in [-0.39, 0.29) is 6.10 Å². The van der Waals surface area contributed by atoms with Crippen molar-refractivity contribution in [1.82, 2.24) is 9.88 Å². The van der Waals surface area contributed by atoms with Crippen LogP contribution in [0.5, 0.6) is 5.75 Å². The van der Waals surface area contributed by atoms with Crippen LogP contribution >= 0.6 is 11.3 Å². The number of thiazole rings is 1. The zero-order chi connectivity index (χ0) is 19.5. The van der Waals surface area contributed by atoms with Gasteiger partial charge in [-0.2, -0.15) is 0 Å². The van der Waals surface area contributed by atoms with Crippen molar-refractivity contribution >= 4 is 26.7 Å². The Labute approximate surface area is 171 Å². The summed E-state index contributed by atoms with van der Waals surface area (Å²) in [6, 6.07) is 17.3. The second kappa shape index (κ2) is 8.50. The lowest BCUT2D eigenvalue weighted by Crippen LogP contribution is -2.46. The van der Waals surface area contributed by atoms with Crippen LogP contribution in [0.1, 0.15) is 25.3 Å². The Morgan fingerprint density at radius 3 is 2.71 bits per heavy atom. The van der Waals surface area contributed by atoms with Crippen molar-refractivity contribution in [3.05, 3.63) is 54.1 Å². The van der Waals surface area contributed by atoms with E-state index in [0.29, 0.717) is 6.04 Å². The van der Waals surface area contributed by atoms with Gasteiger partial charge in [0, 0.05) is 32.7 Å². The number of ether oxygens (including phenoxy) is 1. The first-order valence-corrected chi connectivity index (χ1v) is 10.9. The molecule has 148 valence electrons. The molecule has 4 rings (SSSR count). The number of para-hydroxylation sites is 1. The number of aryl methyl sites for hydroxylation is 1. The minimum absolute atomic E-state index is 0.195. The molecule has 1 unspecified atom stereocenters. The number of hydrogen-bond donors (Lipinski definition) is 0. The second-order valence-corrected chi connectivity index (χ2v) is 8.86. The maximum absolute atomic E-state index is 6.11. The smallest absolute Gasteiger partial charge is 0.186 e. The summed E-state index contributed by atoms with van der Waals surface area (Å²) in [5.41, 5.74) is 2.34. The van der Waals surface area contributed by atoms with Gasteiger partial charge < -0.3 is 9.64 Å². The summed E-state index contributed by atoms with van der Waals surface area (Å²) >= 11 is 1.79. The van der Waals surface area contributed by atoms with Crippen LogP contribution < -0.4 is 9.64 Å². The van der Waals surface area contributed by atoms with Crippen LogP contribution in [-0.4, -0.2) is 48.7 Å². The molecule has 0 amide bonds. The number of piperidine rings is 1. The number of aromatic nitrogens is 1. The molecule has 4 nitrogen and oxygen atoms in total. The molecule has 1 aliphatic rings. The van der Waals surface area contributed by atoms with Crippen molar-refractivity contribution in [3.8, 4) is 5.75 Å². The average Bonchev–Trinajstić information content (AvgIpc) is 3.12. The largest absolute Gasteiger partial charge is 0.489 e. The molecule has 0 bridgehead atoms. The number of likely N-dealkylation sites (tertiary alicyclic amines) is 1. The van der Waals surface area contributed by atoms with Crippen molar-refractivity contribution in [2.45, 2.75) is 38.8 Å². The standard InChI is InChI=1S/C23H29N3OS/c1-17-7-6-8-20(15-17)27-18(2)16-26-13-11-19(12-14-26)25(3)23-24-21-9-4-5-10-22(21)28-23/h4-10,15,18-19H,11-14,16H2,1-3H3. The summed E-state index contributed by atoms with van der Waals surface area (Å²) in [6.07, 6.45) is 2.54.